The van der Waals surface area contributed by atoms with Crippen LogP contribution in [-0.4, -0.2) is 23.7 Å². The second-order valence-corrected chi connectivity index (χ2v) is 3.38. The number of hydrogen-bond donors (Lipinski definition) is 2. The Kier molecular flexibility index (Phi) is 5.17. The van der Waals surface area contributed by atoms with Gasteiger partial charge in [-0.2, -0.15) is 0 Å². The third-order valence-electron chi connectivity index (χ3n) is 2.20. The van der Waals surface area contributed by atoms with Crippen LogP contribution in [0.15, 0.2) is 12.3 Å². The molecule has 84 valence electrons. The van der Waals surface area contributed by atoms with Gasteiger partial charge in [0, 0.05) is 19.9 Å². The van der Waals surface area contributed by atoms with Gasteiger partial charge in [0.1, 0.15) is 5.82 Å². The van der Waals surface area contributed by atoms with Crippen LogP contribution >= 0.6 is 0 Å². The summed E-state index contributed by atoms with van der Waals surface area (Å²) in [5.74, 6) is 6.25. The van der Waals surface area contributed by atoms with E-state index in [1.54, 1.807) is 13.3 Å². The lowest BCUT2D eigenvalue weighted by atomic mass is 10.1. The number of rotatable bonds is 6. The first-order valence-corrected chi connectivity index (χ1v) is 5.02. The van der Waals surface area contributed by atoms with Crippen molar-refractivity contribution in [2.75, 3.05) is 13.7 Å². The van der Waals surface area contributed by atoms with Crippen LogP contribution in [0.25, 0.3) is 0 Å². The molecule has 0 fully saturated rings. The Morgan fingerprint density at radius 3 is 3.00 bits per heavy atom. The summed E-state index contributed by atoms with van der Waals surface area (Å²) in [6.45, 7) is 2.61. The highest BCUT2D eigenvalue weighted by Crippen LogP contribution is 2.14. The smallest absolute Gasteiger partial charge is 0.125 e. The molecule has 0 aliphatic carbocycles. The van der Waals surface area contributed by atoms with Gasteiger partial charge in [-0.15, -0.1) is 0 Å². The van der Waals surface area contributed by atoms with Crippen molar-refractivity contribution in [3.63, 3.8) is 0 Å². The van der Waals surface area contributed by atoms with Crippen LogP contribution in [0.3, 0.4) is 0 Å². The molecule has 0 aliphatic rings. The van der Waals surface area contributed by atoms with Gasteiger partial charge >= 0.3 is 0 Å². The van der Waals surface area contributed by atoms with Gasteiger partial charge in [0.05, 0.1) is 11.7 Å². The molecule has 0 saturated carbocycles. The molecule has 0 aliphatic heterocycles. The van der Waals surface area contributed by atoms with Crippen LogP contribution in [0, 0.1) is 6.92 Å². The largest absolute Gasteiger partial charge is 0.385 e. The number of methoxy groups -OCH3 is 1. The molecule has 0 bridgehead atoms. The maximum Gasteiger partial charge on any atom is 0.125 e. The predicted octanol–water partition coefficient (Wildman–Crippen LogP) is 0.716. The third-order valence-corrected chi connectivity index (χ3v) is 2.20. The lowest BCUT2D eigenvalue weighted by molar-refractivity contribution is 0.188. The van der Waals surface area contributed by atoms with Crippen molar-refractivity contribution in [1.29, 1.82) is 0 Å². The fraction of sp³-hybridized carbons (Fsp3) is 0.600. The lowest BCUT2D eigenvalue weighted by Gasteiger charge is -2.14. The number of nitrogens with zero attached hydrogens (tertiary/aromatic N) is 2. The average molecular weight is 210 g/mol. The molecule has 1 aromatic heterocycles. The van der Waals surface area contributed by atoms with Gasteiger partial charge in [-0.25, -0.2) is 9.97 Å². The van der Waals surface area contributed by atoms with Gasteiger partial charge in [-0.1, -0.05) is 0 Å². The van der Waals surface area contributed by atoms with Crippen LogP contribution < -0.4 is 11.3 Å². The summed E-state index contributed by atoms with van der Waals surface area (Å²) in [6, 6.07) is 1.95. The molecule has 1 atom stereocenters. The Bertz CT molecular complexity index is 293. The summed E-state index contributed by atoms with van der Waals surface area (Å²) in [5, 5.41) is 0. The Balaban J connectivity index is 2.57. The van der Waals surface area contributed by atoms with Crippen LogP contribution in [0.1, 0.15) is 30.4 Å². The topological polar surface area (TPSA) is 73.1 Å². The zero-order valence-electron chi connectivity index (χ0n) is 9.23. The fourth-order valence-electron chi connectivity index (χ4n) is 1.42. The average Bonchev–Trinajstić information content (AvgIpc) is 2.24. The zero-order chi connectivity index (χ0) is 11.1. The highest BCUT2D eigenvalue weighted by atomic mass is 16.5. The van der Waals surface area contributed by atoms with Crippen molar-refractivity contribution in [2.45, 2.75) is 25.8 Å². The second-order valence-electron chi connectivity index (χ2n) is 3.38. The zero-order valence-corrected chi connectivity index (χ0v) is 9.23. The highest BCUT2D eigenvalue weighted by Gasteiger charge is 2.10. The molecule has 0 aromatic carbocycles. The normalized spacial score (nSPS) is 12.7. The van der Waals surface area contributed by atoms with Crippen molar-refractivity contribution in [1.82, 2.24) is 15.4 Å². The van der Waals surface area contributed by atoms with Crippen molar-refractivity contribution >= 4 is 0 Å². The molecular formula is C10H18N4O. The molecule has 3 N–H and O–H groups in total. The van der Waals surface area contributed by atoms with E-state index in [4.69, 9.17) is 10.6 Å². The number of ether oxygens (including phenoxy) is 1. The van der Waals surface area contributed by atoms with Gasteiger partial charge in [-0.3, -0.25) is 11.3 Å². The minimum atomic E-state index is 0.0712. The first kappa shape index (κ1) is 12.0. The van der Waals surface area contributed by atoms with E-state index in [1.165, 1.54) is 0 Å². The first-order chi connectivity index (χ1) is 7.27. The van der Waals surface area contributed by atoms with Crippen LogP contribution in [0.5, 0.6) is 0 Å². The van der Waals surface area contributed by atoms with E-state index in [1.807, 2.05) is 13.0 Å². The molecule has 0 radical (unpaired) electrons. The number of hydrazine groups is 1. The number of nitrogens with two attached hydrogens (primary N) is 1. The minimum Gasteiger partial charge on any atom is -0.385 e. The fourth-order valence-corrected chi connectivity index (χ4v) is 1.42. The first-order valence-electron chi connectivity index (χ1n) is 5.02. The van der Waals surface area contributed by atoms with Gasteiger partial charge in [-0.05, 0) is 25.8 Å². The molecule has 1 aromatic rings. The van der Waals surface area contributed by atoms with E-state index in [0.717, 1.165) is 31.0 Å². The highest BCUT2D eigenvalue weighted by molar-refractivity contribution is 5.06. The number of nitrogens with one attached hydrogen (secondary N) is 1. The number of hydrogen-bond acceptors (Lipinski definition) is 5. The Hall–Kier alpha value is -1.04. The molecule has 1 rings (SSSR count). The Morgan fingerprint density at radius 2 is 2.40 bits per heavy atom. The number of aromatic nitrogens is 2. The SMILES string of the molecule is COCCCC(NN)c1ccnc(C)n1. The van der Waals surface area contributed by atoms with E-state index in [0.29, 0.717) is 0 Å². The quantitative estimate of drug-likeness (QED) is 0.411. The molecule has 0 saturated heterocycles. The molecular weight excluding hydrogens is 192 g/mol. The maximum atomic E-state index is 5.49. The van der Waals surface area contributed by atoms with Gasteiger partial charge in [0.15, 0.2) is 0 Å². The molecule has 0 amide bonds. The summed E-state index contributed by atoms with van der Waals surface area (Å²) >= 11 is 0. The maximum absolute atomic E-state index is 5.49. The van der Waals surface area contributed by atoms with Crippen molar-refractivity contribution in [3.8, 4) is 0 Å². The second kappa shape index (κ2) is 6.44. The van der Waals surface area contributed by atoms with Crippen molar-refractivity contribution < 1.29 is 4.74 Å². The van der Waals surface area contributed by atoms with Gasteiger partial charge in [0.2, 0.25) is 0 Å². The molecule has 5 heteroatoms. The Labute approximate surface area is 90.0 Å². The molecule has 0 spiro atoms. The van der Waals surface area contributed by atoms with E-state index in [-0.39, 0.29) is 6.04 Å². The lowest BCUT2D eigenvalue weighted by Crippen LogP contribution is -2.29. The van der Waals surface area contributed by atoms with Crippen LogP contribution in [-0.2, 0) is 4.74 Å². The Morgan fingerprint density at radius 1 is 1.60 bits per heavy atom. The van der Waals surface area contributed by atoms with Gasteiger partial charge < -0.3 is 4.74 Å². The summed E-state index contributed by atoms with van der Waals surface area (Å²) < 4.78 is 4.99. The monoisotopic (exact) mass is 210 g/mol. The summed E-state index contributed by atoms with van der Waals surface area (Å²) in [7, 11) is 1.69. The summed E-state index contributed by atoms with van der Waals surface area (Å²) in [4.78, 5) is 8.38. The van der Waals surface area contributed by atoms with Crippen molar-refractivity contribution in [3.05, 3.63) is 23.8 Å². The molecule has 15 heavy (non-hydrogen) atoms. The third kappa shape index (κ3) is 3.91. The van der Waals surface area contributed by atoms with E-state index >= 15 is 0 Å². The number of aryl methyl sites for hydroxylation is 1. The molecule has 1 heterocycles. The van der Waals surface area contributed by atoms with Crippen LogP contribution in [0.2, 0.25) is 0 Å². The molecule has 1 unspecified atom stereocenters. The van der Waals surface area contributed by atoms with Gasteiger partial charge in [0.25, 0.3) is 0 Å². The molecule has 5 nitrogen and oxygen atoms in total. The van der Waals surface area contributed by atoms with E-state index in [2.05, 4.69) is 15.4 Å². The standard InChI is InChI=1S/C10H18N4O/c1-8-12-6-5-9(13-8)10(14-11)4-3-7-15-2/h5-6,10,14H,3-4,7,11H2,1-2H3. The van der Waals surface area contributed by atoms with E-state index < -0.39 is 0 Å². The minimum absolute atomic E-state index is 0.0712. The van der Waals surface area contributed by atoms with Crippen molar-refractivity contribution in [2.24, 2.45) is 5.84 Å². The summed E-state index contributed by atoms with van der Waals surface area (Å²) in [6.07, 6.45) is 3.60. The van der Waals surface area contributed by atoms with Crippen LogP contribution in [0.4, 0.5) is 0 Å². The predicted molar refractivity (Wildman–Crippen MR) is 57.9 cm³/mol. The summed E-state index contributed by atoms with van der Waals surface area (Å²) in [5.41, 5.74) is 3.69. The van der Waals surface area contributed by atoms with E-state index in [9.17, 15) is 0 Å².